The molecule has 0 saturated heterocycles. The molecule has 1 heterocycles. The van der Waals surface area contributed by atoms with E-state index in [1.165, 1.54) is 0 Å². The molecule has 3 aromatic rings. The summed E-state index contributed by atoms with van der Waals surface area (Å²) in [6.45, 7) is 2.25. The van der Waals surface area contributed by atoms with Crippen LogP contribution in [0.25, 0.3) is 11.3 Å². The van der Waals surface area contributed by atoms with Gasteiger partial charge in [-0.1, -0.05) is 46.3 Å². The molecule has 0 atom stereocenters. The molecule has 0 spiro atoms. The van der Waals surface area contributed by atoms with Gasteiger partial charge in [0.2, 0.25) is 5.88 Å². The summed E-state index contributed by atoms with van der Waals surface area (Å²) in [5.41, 5.74) is 8.56. The van der Waals surface area contributed by atoms with E-state index in [4.69, 9.17) is 10.5 Å². The first-order chi connectivity index (χ1) is 11.2. The third-order valence-electron chi connectivity index (χ3n) is 3.34. The van der Waals surface area contributed by atoms with Crippen molar-refractivity contribution in [2.24, 2.45) is 5.73 Å². The van der Waals surface area contributed by atoms with Gasteiger partial charge in [0.25, 0.3) is 0 Å². The third kappa shape index (κ3) is 3.75. The molecule has 0 saturated carbocycles. The minimum absolute atomic E-state index is 0.393. The van der Waals surface area contributed by atoms with Crippen molar-refractivity contribution in [3.05, 3.63) is 70.5 Å². The first-order valence-corrected chi connectivity index (χ1v) is 8.02. The number of nitrogens with two attached hydrogens (primary N) is 1. The fraction of sp³-hybridized carbons (Fsp3) is 0.111. The van der Waals surface area contributed by atoms with Gasteiger partial charge in [0.05, 0.1) is 5.69 Å². The Kier molecular flexibility index (Phi) is 4.69. The molecule has 2 aromatic carbocycles. The number of benzene rings is 2. The number of hydrogen-bond donors (Lipinski definition) is 1. The highest BCUT2D eigenvalue weighted by Crippen LogP contribution is 2.29. The zero-order valence-corrected chi connectivity index (χ0v) is 14.2. The van der Waals surface area contributed by atoms with Crippen LogP contribution in [0.4, 0.5) is 0 Å². The van der Waals surface area contributed by atoms with Gasteiger partial charge in [-0.2, -0.15) is 4.98 Å². The van der Waals surface area contributed by atoms with Crippen LogP contribution in [-0.2, 0) is 6.54 Å². The Balaban J connectivity index is 1.97. The van der Waals surface area contributed by atoms with Crippen molar-refractivity contribution in [1.82, 2.24) is 9.97 Å². The molecule has 0 fully saturated rings. The predicted molar refractivity (Wildman–Crippen MR) is 94.3 cm³/mol. The monoisotopic (exact) mass is 369 g/mol. The molecule has 0 amide bonds. The second-order valence-corrected chi connectivity index (χ2v) is 5.98. The van der Waals surface area contributed by atoms with E-state index in [1.807, 2.05) is 61.5 Å². The lowest BCUT2D eigenvalue weighted by atomic mass is 10.1. The number of aromatic nitrogens is 2. The van der Waals surface area contributed by atoms with Crippen LogP contribution < -0.4 is 10.5 Å². The maximum absolute atomic E-state index is 5.95. The standard InChI is InChI=1S/C18H16BrN3O/c1-12-21-16(13-5-3-2-4-6-13)10-18(22-12)23-17-8-7-15(19)9-14(17)11-20/h2-10H,11,20H2,1H3. The molecule has 2 N–H and O–H groups in total. The van der Waals surface area contributed by atoms with Crippen molar-refractivity contribution >= 4 is 15.9 Å². The molecule has 116 valence electrons. The summed E-state index contributed by atoms with van der Waals surface area (Å²) in [4.78, 5) is 8.85. The largest absolute Gasteiger partial charge is 0.439 e. The summed E-state index contributed by atoms with van der Waals surface area (Å²) >= 11 is 3.44. The molecule has 4 nitrogen and oxygen atoms in total. The summed E-state index contributed by atoms with van der Waals surface area (Å²) in [5.74, 6) is 1.87. The Labute approximate surface area is 143 Å². The van der Waals surface area contributed by atoms with Gasteiger partial charge in [-0.15, -0.1) is 0 Å². The van der Waals surface area contributed by atoms with Gasteiger partial charge in [-0.05, 0) is 25.1 Å². The molecule has 0 aliphatic heterocycles. The second-order valence-electron chi connectivity index (χ2n) is 5.06. The number of nitrogens with zero attached hydrogens (tertiary/aromatic N) is 2. The Morgan fingerprint density at radius 2 is 1.83 bits per heavy atom. The summed E-state index contributed by atoms with van der Waals surface area (Å²) in [6.07, 6.45) is 0. The average Bonchev–Trinajstić information content (AvgIpc) is 2.57. The van der Waals surface area contributed by atoms with Crippen LogP contribution in [0.5, 0.6) is 11.6 Å². The minimum atomic E-state index is 0.393. The van der Waals surface area contributed by atoms with Crippen LogP contribution in [0.1, 0.15) is 11.4 Å². The SMILES string of the molecule is Cc1nc(Oc2ccc(Br)cc2CN)cc(-c2ccccc2)n1. The average molecular weight is 370 g/mol. The van der Waals surface area contributed by atoms with Gasteiger partial charge in [-0.3, -0.25) is 0 Å². The number of halogens is 1. The molecular formula is C18H16BrN3O. The molecule has 1 aromatic heterocycles. The first-order valence-electron chi connectivity index (χ1n) is 7.23. The fourth-order valence-corrected chi connectivity index (χ4v) is 2.68. The van der Waals surface area contributed by atoms with E-state index >= 15 is 0 Å². The quantitative estimate of drug-likeness (QED) is 0.736. The lowest BCUT2D eigenvalue weighted by molar-refractivity contribution is 0.454. The van der Waals surface area contributed by atoms with Crippen LogP contribution >= 0.6 is 15.9 Å². The summed E-state index contributed by atoms with van der Waals surface area (Å²) in [6, 6.07) is 17.5. The van der Waals surface area contributed by atoms with E-state index in [1.54, 1.807) is 0 Å². The van der Waals surface area contributed by atoms with E-state index in [-0.39, 0.29) is 0 Å². The Morgan fingerprint density at radius 1 is 1.04 bits per heavy atom. The topological polar surface area (TPSA) is 61.0 Å². The lowest BCUT2D eigenvalue weighted by Crippen LogP contribution is -2.01. The Morgan fingerprint density at radius 3 is 2.57 bits per heavy atom. The van der Waals surface area contributed by atoms with E-state index in [0.717, 1.165) is 21.3 Å². The maximum atomic E-state index is 5.95. The highest BCUT2D eigenvalue weighted by Gasteiger charge is 2.09. The Hall–Kier alpha value is -2.24. The zero-order valence-electron chi connectivity index (χ0n) is 12.7. The number of hydrogen-bond acceptors (Lipinski definition) is 4. The third-order valence-corrected chi connectivity index (χ3v) is 3.83. The molecule has 0 aliphatic rings. The van der Waals surface area contributed by atoms with Crippen molar-refractivity contribution in [2.75, 3.05) is 0 Å². The van der Waals surface area contributed by atoms with Crippen molar-refractivity contribution in [3.8, 4) is 22.9 Å². The first kappa shape index (κ1) is 15.6. The lowest BCUT2D eigenvalue weighted by Gasteiger charge is -2.11. The van der Waals surface area contributed by atoms with Gasteiger partial charge >= 0.3 is 0 Å². The van der Waals surface area contributed by atoms with Crippen LogP contribution in [-0.4, -0.2) is 9.97 Å². The van der Waals surface area contributed by atoms with Gasteiger partial charge in [0, 0.05) is 28.2 Å². The van der Waals surface area contributed by atoms with Crippen LogP contribution in [0.3, 0.4) is 0 Å². The van der Waals surface area contributed by atoms with Crippen molar-refractivity contribution in [3.63, 3.8) is 0 Å². The molecule has 5 heteroatoms. The summed E-state index contributed by atoms with van der Waals surface area (Å²) in [5, 5.41) is 0. The molecule has 0 radical (unpaired) electrons. The van der Waals surface area contributed by atoms with Gasteiger partial charge in [0.15, 0.2) is 0 Å². The van der Waals surface area contributed by atoms with E-state index < -0.39 is 0 Å². The maximum Gasteiger partial charge on any atom is 0.223 e. The smallest absolute Gasteiger partial charge is 0.223 e. The zero-order chi connectivity index (χ0) is 16.2. The van der Waals surface area contributed by atoms with Crippen molar-refractivity contribution in [2.45, 2.75) is 13.5 Å². The Bertz CT molecular complexity index is 822. The number of ether oxygens (including phenoxy) is 1. The molecule has 0 bridgehead atoms. The molecule has 0 aliphatic carbocycles. The van der Waals surface area contributed by atoms with E-state index in [2.05, 4.69) is 25.9 Å². The van der Waals surface area contributed by atoms with Crippen LogP contribution in [0.15, 0.2) is 59.1 Å². The van der Waals surface area contributed by atoms with Crippen LogP contribution in [0.2, 0.25) is 0 Å². The van der Waals surface area contributed by atoms with Crippen LogP contribution in [0, 0.1) is 6.92 Å². The molecular weight excluding hydrogens is 354 g/mol. The normalized spacial score (nSPS) is 10.6. The van der Waals surface area contributed by atoms with Gasteiger partial charge in [0.1, 0.15) is 11.6 Å². The van der Waals surface area contributed by atoms with E-state index in [9.17, 15) is 0 Å². The van der Waals surface area contributed by atoms with Crippen molar-refractivity contribution in [1.29, 1.82) is 0 Å². The minimum Gasteiger partial charge on any atom is -0.439 e. The van der Waals surface area contributed by atoms with Crippen molar-refractivity contribution < 1.29 is 4.74 Å². The highest BCUT2D eigenvalue weighted by molar-refractivity contribution is 9.10. The van der Waals surface area contributed by atoms with Gasteiger partial charge in [-0.25, -0.2) is 4.98 Å². The molecule has 0 unspecified atom stereocenters. The van der Waals surface area contributed by atoms with Gasteiger partial charge < -0.3 is 10.5 Å². The summed E-state index contributed by atoms with van der Waals surface area (Å²) < 4.78 is 6.91. The molecule has 23 heavy (non-hydrogen) atoms. The summed E-state index contributed by atoms with van der Waals surface area (Å²) in [7, 11) is 0. The second kappa shape index (κ2) is 6.89. The predicted octanol–water partition coefficient (Wildman–Crippen LogP) is 4.47. The fourth-order valence-electron chi connectivity index (χ4n) is 2.27. The molecule has 3 rings (SSSR count). The number of aryl methyl sites for hydroxylation is 1. The van der Waals surface area contributed by atoms with E-state index in [0.29, 0.717) is 24.0 Å². The highest BCUT2D eigenvalue weighted by atomic mass is 79.9. The number of rotatable bonds is 4.